The molecule has 0 aliphatic heterocycles. The molecule has 0 saturated carbocycles. The molecule has 0 bridgehead atoms. The van der Waals surface area contributed by atoms with Crippen LogP contribution in [-0.2, 0) is 65.4 Å². The van der Waals surface area contributed by atoms with E-state index >= 15 is 0 Å². The molecule has 0 aromatic carbocycles. The lowest BCUT2D eigenvalue weighted by molar-refractivity contribution is -0.161. The fourth-order valence-corrected chi connectivity index (χ4v) is 10.9. The monoisotopic (exact) mass is 1210 g/mol. The summed E-state index contributed by atoms with van der Waals surface area (Å²) >= 11 is 0. The Hall–Kier alpha value is -1.94. The van der Waals surface area contributed by atoms with Gasteiger partial charge in [-0.2, -0.15) is 0 Å². The third-order valence-electron chi connectivity index (χ3n) is 14.8. The Morgan fingerprint density at radius 2 is 0.622 bits per heavy atom. The molecule has 486 valence electrons. The van der Waals surface area contributed by atoms with E-state index in [0.29, 0.717) is 25.7 Å². The second kappa shape index (κ2) is 55.6. The van der Waals surface area contributed by atoms with Crippen LogP contribution in [0.5, 0.6) is 0 Å². The average Bonchev–Trinajstić information content (AvgIpc) is 3.46. The molecule has 0 radical (unpaired) electrons. The first-order chi connectivity index (χ1) is 39.4. The maximum atomic E-state index is 13.0. The van der Waals surface area contributed by atoms with Gasteiger partial charge in [-0.1, -0.05) is 260 Å². The van der Waals surface area contributed by atoms with Crippen molar-refractivity contribution in [3.63, 3.8) is 0 Å². The minimum atomic E-state index is -4.94. The van der Waals surface area contributed by atoms with Gasteiger partial charge < -0.3 is 33.8 Å². The van der Waals surface area contributed by atoms with Gasteiger partial charge in [-0.05, 0) is 37.5 Å². The molecule has 3 unspecified atom stereocenters. The van der Waals surface area contributed by atoms with E-state index in [1.165, 1.54) is 116 Å². The summed E-state index contributed by atoms with van der Waals surface area (Å²) in [7, 11) is -9.88. The molecule has 17 nitrogen and oxygen atoms in total. The summed E-state index contributed by atoms with van der Waals surface area (Å²) < 4.78 is 67.8. The van der Waals surface area contributed by atoms with Crippen molar-refractivity contribution in [2.24, 2.45) is 11.8 Å². The van der Waals surface area contributed by atoms with Gasteiger partial charge in [0.25, 0.3) is 0 Å². The van der Waals surface area contributed by atoms with Crippen molar-refractivity contribution in [3.8, 4) is 0 Å². The molecule has 0 fully saturated rings. The zero-order valence-corrected chi connectivity index (χ0v) is 54.6. The Balaban J connectivity index is 5.22. The number of esters is 4. The van der Waals surface area contributed by atoms with Gasteiger partial charge in [0.2, 0.25) is 0 Å². The minimum Gasteiger partial charge on any atom is -0.462 e. The maximum absolute atomic E-state index is 13.0. The Morgan fingerprint density at radius 1 is 0.354 bits per heavy atom. The lowest BCUT2D eigenvalue weighted by Gasteiger charge is -2.21. The molecule has 0 saturated heterocycles. The van der Waals surface area contributed by atoms with E-state index in [-0.39, 0.29) is 25.7 Å². The summed E-state index contributed by atoms with van der Waals surface area (Å²) in [6.07, 6.45) is 37.6. The molecule has 0 heterocycles. The number of hydrogen-bond donors (Lipinski definition) is 3. The van der Waals surface area contributed by atoms with Crippen LogP contribution in [-0.4, -0.2) is 96.7 Å². The third-order valence-corrected chi connectivity index (χ3v) is 16.7. The molecular weight excluding hydrogens is 1090 g/mol. The van der Waals surface area contributed by atoms with Crippen LogP contribution in [0, 0.1) is 11.8 Å². The van der Waals surface area contributed by atoms with E-state index in [9.17, 15) is 43.2 Å². The van der Waals surface area contributed by atoms with Gasteiger partial charge in [0, 0.05) is 25.7 Å². The molecule has 0 amide bonds. The zero-order chi connectivity index (χ0) is 60.8. The first kappa shape index (κ1) is 80.1. The highest BCUT2D eigenvalue weighted by Crippen LogP contribution is 2.45. The van der Waals surface area contributed by atoms with Gasteiger partial charge in [-0.3, -0.25) is 37.3 Å². The largest absolute Gasteiger partial charge is 0.472 e. The van der Waals surface area contributed by atoms with Crippen LogP contribution in [0.25, 0.3) is 0 Å². The standard InChI is InChI=1S/C63H122O17P2/c1-7-10-12-14-16-27-33-39-45-60(65)73-51-58(79-62(67)47-41-35-28-17-15-13-11-8-2)53-77-81(69,70)75-49-57(64)50-76-82(71,72)78-54-59(52-74-61(66)46-40-34-29-24-20-21-25-31-37-43-55(4)5)80-63(68)48-42-36-30-23-19-18-22-26-32-38-44-56(6)9-3/h55-59,64H,7-54H2,1-6H3,(H,69,70)(H,71,72)/t56?,57-,58+,59+/m0/s1. The minimum absolute atomic E-state index is 0.104. The number of unbranched alkanes of at least 4 members (excludes halogenated alkanes) is 31. The molecule has 19 heteroatoms. The molecule has 0 aromatic heterocycles. The second-order valence-electron chi connectivity index (χ2n) is 23.5. The summed E-state index contributed by atoms with van der Waals surface area (Å²) in [5.74, 6) is -0.593. The van der Waals surface area contributed by atoms with E-state index in [4.69, 9.17) is 37.0 Å². The Kier molecular flexibility index (Phi) is 54.3. The number of carbonyl (C=O) groups excluding carboxylic acids is 4. The number of phosphoric acid groups is 2. The van der Waals surface area contributed by atoms with Crippen molar-refractivity contribution >= 4 is 39.5 Å². The van der Waals surface area contributed by atoms with Gasteiger partial charge in [0.05, 0.1) is 26.4 Å². The number of hydrogen-bond acceptors (Lipinski definition) is 15. The summed E-state index contributed by atoms with van der Waals surface area (Å²) in [4.78, 5) is 72.0. The quantitative estimate of drug-likeness (QED) is 0.0222. The van der Waals surface area contributed by atoms with Crippen molar-refractivity contribution in [2.45, 2.75) is 330 Å². The van der Waals surface area contributed by atoms with Crippen LogP contribution in [0.1, 0.15) is 311 Å². The van der Waals surface area contributed by atoms with Crippen molar-refractivity contribution < 1.29 is 80.2 Å². The fourth-order valence-electron chi connectivity index (χ4n) is 9.32. The van der Waals surface area contributed by atoms with E-state index in [1.807, 2.05) is 0 Å². The molecule has 0 spiro atoms. The normalized spacial score (nSPS) is 14.7. The molecule has 0 aliphatic carbocycles. The summed E-state index contributed by atoms with van der Waals surface area (Å²) in [6.45, 7) is 9.44. The molecule has 82 heavy (non-hydrogen) atoms. The lowest BCUT2D eigenvalue weighted by Crippen LogP contribution is -2.30. The molecular formula is C63H122O17P2. The van der Waals surface area contributed by atoms with Crippen LogP contribution in [0.4, 0.5) is 0 Å². The van der Waals surface area contributed by atoms with Crippen molar-refractivity contribution in [1.29, 1.82) is 0 Å². The van der Waals surface area contributed by atoms with Crippen LogP contribution < -0.4 is 0 Å². The van der Waals surface area contributed by atoms with Crippen LogP contribution in [0.3, 0.4) is 0 Å². The molecule has 6 atom stereocenters. The Morgan fingerprint density at radius 3 is 0.927 bits per heavy atom. The highest BCUT2D eigenvalue weighted by molar-refractivity contribution is 7.47. The third kappa shape index (κ3) is 55.9. The first-order valence-electron chi connectivity index (χ1n) is 33.0. The number of ether oxygens (including phenoxy) is 4. The topological polar surface area (TPSA) is 237 Å². The van der Waals surface area contributed by atoms with Crippen molar-refractivity contribution in [2.75, 3.05) is 39.6 Å². The predicted molar refractivity (Wildman–Crippen MR) is 326 cm³/mol. The van der Waals surface area contributed by atoms with E-state index < -0.39 is 97.5 Å². The second-order valence-corrected chi connectivity index (χ2v) is 26.4. The van der Waals surface area contributed by atoms with Crippen LogP contribution in [0.2, 0.25) is 0 Å². The van der Waals surface area contributed by atoms with Gasteiger partial charge in [-0.25, -0.2) is 9.13 Å². The summed E-state index contributed by atoms with van der Waals surface area (Å²) in [5, 5.41) is 10.5. The van der Waals surface area contributed by atoms with Crippen LogP contribution >= 0.6 is 15.6 Å². The molecule has 0 rings (SSSR count). The molecule has 0 aromatic rings. The highest BCUT2D eigenvalue weighted by Gasteiger charge is 2.30. The maximum Gasteiger partial charge on any atom is 0.472 e. The smallest absolute Gasteiger partial charge is 0.462 e. The van der Waals surface area contributed by atoms with E-state index in [2.05, 4.69) is 41.5 Å². The van der Waals surface area contributed by atoms with Crippen molar-refractivity contribution in [3.05, 3.63) is 0 Å². The van der Waals surface area contributed by atoms with Crippen molar-refractivity contribution in [1.82, 2.24) is 0 Å². The zero-order valence-electron chi connectivity index (χ0n) is 52.8. The number of aliphatic hydroxyl groups excluding tert-OH is 1. The average molecular weight is 1210 g/mol. The lowest BCUT2D eigenvalue weighted by atomic mass is 9.99. The predicted octanol–water partition coefficient (Wildman–Crippen LogP) is 17.3. The van der Waals surface area contributed by atoms with Gasteiger partial charge in [-0.15, -0.1) is 0 Å². The van der Waals surface area contributed by atoms with E-state index in [1.54, 1.807) is 0 Å². The number of phosphoric ester groups is 2. The first-order valence-corrected chi connectivity index (χ1v) is 36.0. The molecule has 3 N–H and O–H groups in total. The Labute approximate surface area is 498 Å². The summed E-state index contributed by atoms with van der Waals surface area (Å²) in [5.41, 5.74) is 0. The van der Waals surface area contributed by atoms with Gasteiger partial charge >= 0.3 is 39.5 Å². The number of rotatable bonds is 62. The van der Waals surface area contributed by atoms with E-state index in [0.717, 1.165) is 115 Å². The SMILES string of the molecule is CCCCCCCCCCC(=O)OC[C@H](COP(=O)(O)OC[C@H](O)COP(=O)(O)OC[C@@H](COC(=O)CCCCCCCCCCCC(C)C)OC(=O)CCCCCCCCCCCCC(C)CC)OC(=O)CCCCCCCCCC. The molecule has 0 aliphatic rings. The van der Waals surface area contributed by atoms with Crippen LogP contribution in [0.15, 0.2) is 0 Å². The highest BCUT2D eigenvalue weighted by atomic mass is 31.2. The Bertz CT molecular complexity index is 1620. The van der Waals surface area contributed by atoms with Gasteiger partial charge in [0.15, 0.2) is 12.2 Å². The fraction of sp³-hybridized carbons (Fsp3) is 0.937. The number of carbonyl (C=O) groups is 4. The number of aliphatic hydroxyl groups is 1. The summed E-state index contributed by atoms with van der Waals surface area (Å²) in [6, 6.07) is 0. The van der Waals surface area contributed by atoms with Gasteiger partial charge in [0.1, 0.15) is 19.3 Å².